The summed E-state index contributed by atoms with van der Waals surface area (Å²) in [6.45, 7) is 11.8. The average molecular weight is 636 g/mol. The van der Waals surface area contributed by atoms with Crippen molar-refractivity contribution in [2.75, 3.05) is 11.5 Å². The van der Waals surface area contributed by atoms with Crippen LogP contribution >= 0.6 is 0 Å². The van der Waals surface area contributed by atoms with E-state index in [9.17, 15) is 0 Å². The molecule has 1 aromatic heterocycles. The molecule has 0 amide bonds. The number of aromatic nitrogens is 1. The summed E-state index contributed by atoms with van der Waals surface area (Å²) in [5, 5.41) is 0. The Morgan fingerprint density at radius 3 is 2.29 bits per heavy atom. The minimum absolute atomic E-state index is 0.175. The van der Waals surface area contributed by atoms with Gasteiger partial charge in [-0.15, -0.1) is 0 Å². The van der Waals surface area contributed by atoms with Crippen molar-refractivity contribution in [3.05, 3.63) is 132 Å². The largest absolute Gasteiger partial charge is 0.475 e. The molecule has 244 valence electrons. The first kappa shape index (κ1) is 31.7. The fraction of sp³-hybridized carbons (Fsp3) is 0.302. The summed E-state index contributed by atoms with van der Waals surface area (Å²) in [6.07, 6.45) is 6.55. The molecule has 7 rings (SSSR count). The average Bonchev–Trinajstić information content (AvgIpc) is 3.59. The summed E-state index contributed by atoms with van der Waals surface area (Å²) in [6, 6.07) is 36.3. The van der Waals surface area contributed by atoms with E-state index in [2.05, 4.69) is 131 Å². The van der Waals surface area contributed by atoms with Gasteiger partial charge in [-0.2, -0.15) is 0 Å². The molecule has 2 aliphatic rings. The van der Waals surface area contributed by atoms with Gasteiger partial charge in [-0.05, 0) is 90.4 Å². The van der Waals surface area contributed by atoms with Gasteiger partial charge < -0.3 is 9.47 Å². The van der Waals surface area contributed by atoms with Crippen molar-refractivity contribution >= 4 is 23.1 Å². The minimum Gasteiger partial charge on any atom is -0.475 e. The van der Waals surface area contributed by atoms with Crippen molar-refractivity contribution in [1.82, 2.24) is 4.98 Å². The number of fused-ring (bicyclic) bond motifs is 2. The second-order valence-corrected chi connectivity index (χ2v) is 13.7. The first-order valence-corrected chi connectivity index (χ1v) is 17.4. The minimum atomic E-state index is -0.175. The van der Waals surface area contributed by atoms with Gasteiger partial charge in [-0.3, -0.25) is 4.90 Å². The van der Waals surface area contributed by atoms with E-state index >= 15 is 0 Å². The van der Waals surface area contributed by atoms with E-state index in [-0.39, 0.29) is 11.5 Å². The fourth-order valence-corrected chi connectivity index (χ4v) is 7.47. The van der Waals surface area contributed by atoms with Gasteiger partial charge in [0, 0.05) is 28.8 Å². The van der Waals surface area contributed by atoms with Gasteiger partial charge in [0.05, 0.1) is 17.4 Å². The van der Waals surface area contributed by atoms with Gasteiger partial charge in [-0.25, -0.2) is 9.98 Å². The summed E-state index contributed by atoms with van der Waals surface area (Å²) in [4.78, 5) is 12.3. The van der Waals surface area contributed by atoms with E-state index in [0.29, 0.717) is 18.4 Å². The molecule has 4 aromatic carbocycles. The van der Waals surface area contributed by atoms with E-state index in [1.165, 1.54) is 24.0 Å². The standard InChI is InChI=1S/C43H45N3O2/c1-6-14-31(15-7-2)39-28-47-42(45-39)33-24-32(30-16-9-8-10-17-30)25-36(26-33)48-35-23-29(3)22-34(27-35)46-40-20-12-11-18-37(40)43(4,5)38-19-13-21-44-41(38)46/h8-13,16-27,31,39H,6-7,14-15,28H2,1-5H3/t39-/m0/s1. The number of aryl methyl sites for hydroxylation is 1. The molecule has 5 heteroatoms. The van der Waals surface area contributed by atoms with Crippen LogP contribution in [0.1, 0.15) is 75.6 Å². The number of pyridine rings is 1. The van der Waals surface area contributed by atoms with E-state index in [1.807, 2.05) is 18.3 Å². The predicted molar refractivity (Wildman–Crippen MR) is 197 cm³/mol. The maximum atomic E-state index is 6.76. The number of hydrogen-bond donors (Lipinski definition) is 0. The molecule has 0 N–H and O–H groups in total. The first-order chi connectivity index (χ1) is 23.4. The van der Waals surface area contributed by atoms with Crippen molar-refractivity contribution in [3.8, 4) is 22.6 Å². The van der Waals surface area contributed by atoms with Crippen LogP contribution in [-0.2, 0) is 10.2 Å². The van der Waals surface area contributed by atoms with Crippen molar-refractivity contribution in [2.24, 2.45) is 10.9 Å². The molecule has 2 aliphatic heterocycles. The molecule has 0 unspecified atom stereocenters. The van der Waals surface area contributed by atoms with Gasteiger partial charge >= 0.3 is 0 Å². The van der Waals surface area contributed by atoms with Crippen LogP contribution in [0.5, 0.6) is 11.5 Å². The van der Waals surface area contributed by atoms with Crippen molar-refractivity contribution in [3.63, 3.8) is 0 Å². The zero-order valence-electron chi connectivity index (χ0n) is 28.7. The number of hydrogen-bond acceptors (Lipinski definition) is 5. The van der Waals surface area contributed by atoms with E-state index in [1.54, 1.807) is 0 Å². The van der Waals surface area contributed by atoms with E-state index in [4.69, 9.17) is 19.5 Å². The summed E-state index contributed by atoms with van der Waals surface area (Å²) in [7, 11) is 0. The Kier molecular flexibility index (Phi) is 8.79. The number of ether oxygens (including phenoxy) is 2. The van der Waals surface area contributed by atoms with E-state index in [0.717, 1.165) is 63.8 Å². The Balaban J connectivity index is 1.28. The molecule has 5 aromatic rings. The molecule has 5 nitrogen and oxygen atoms in total. The van der Waals surface area contributed by atoms with Crippen LogP contribution < -0.4 is 9.64 Å². The molecule has 0 spiro atoms. The van der Waals surface area contributed by atoms with Gasteiger partial charge in [0.25, 0.3) is 0 Å². The fourth-order valence-electron chi connectivity index (χ4n) is 7.47. The Morgan fingerprint density at radius 2 is 1.50 bits per heavy atom. The molecular weight excluding hydrogens is 590 g/mol. The van der Waals surface area contributed by atoms with Crippen LogP contribution in [0, 0.1) is 12.8 Å². The lowest BCUT2D eigenvalue weighted by Gasteiger charge is -2.41. The van der Waals surface area contributed by atoms with Crippen molar-refractivity contribution in [2.45, 2.75) is 71.8 Å². The van der Waals surface area contributed by atoms with Gasteiger partial charge in [0.2, 0.25) is 5.90 Å². The summed E-state index contributed by atoms with van der Waals surface area (Å²) < 4.78 is 13.1. The number of para-hydroxylation sites is 1. The highest BCUT2D eigenvalue weighted by Gasteiger charge is 2.37. The topological polar surface area (TPSA) is 47.0 Å². The van der Waals surface area contributed by atoms with Gasteiger partial charge in [0.1, 0.15) is 23.9 Å². The molecule has 0 fully saturated rings. The Labute approximate surface area is 285 Å². The van der Waals surface area contributed by atoms with Crippen molar-refractivity contribution in [1.29, 1.82) is 0 Å². The van der Waals surface area contributed by atoms with Crippen LogP contribution in [0.25, 0.3) is 11.1 Å². The molecule has 1 atom stereocenters. The predicted octanol–water partition coefficient (Wildman–Crippen LogP) is 11.3. The summed E-state index contributed by atoms with van der Waals surface area (Å²) in [5.74, 6) is 3.71. The molecule has 0 saturated carbocycles. The van der Waals surface area contributed by atoms with Gasteiger partial charge in [-0.1, -0.05) is 95.1 Å². The zero-order valence-corrected chi connectivity index (χ0v) is 28.7. The third-order valence-electron chi connectivity index (χ3n) is 9.82. The maximum Gasteiger partial charge on any atom is 0.216 e. The van der Waals surface area contributed by atoms with Gasteiger partial charge in [0.15, 0.2) is 0 Å². The summed E-state index contributed by atoms with van der Waals surface area (Å²) >= 11 is 0. The lowest BCUT2D eigenvalue weighted by molar-refractivity contribution is 0.261. The highest BCUT2D eigenvalue weighted by Crippen LogP contribution is 2.51. The number of rotatable bonds is 10. The lowest BCUT2D eigenvalue weighted by Crippen LogP contribution is -2.31. The highest BCUT2D eigenvalue weighted by atomic mass is 16.5. The molecule has 0 bridgehead atoms. The van der Waals surface area contributed by atoms with Crippen molar-refractivity contribution < 1.29 is 9.47 Å². The number of aliphatic imine (C=N–C) groups is 1. The smallest absolute Gasteiger partial charge is 0.216 e. The van der Waals surface area contributed by atoms with Crippen LogP contribution in [0.3, 0.4) is 0 Å². The second-order valence-electron chi connectivity index (χ2n) is 13.7. The quantitative estimate of drug-likeness (QED) is 0.153. The maximum absolute atomic E-state index is 6.76. The highest BCUT2D eigenvalue weighted by molar-refractivity contribution is 5.97. The number of nitrogens with zero attached hydrogens (tertiary/aromatic N) is 3. The molecule has 0 aliphatic carbocycles. The molecule has 3 heterocycles. The molecule has 0 radical (unpaired) electrons. The van der Waals surface area contributed by atoms with Crippen LogP contribution in [0.4, 0.5) is 17.2 Å². The molecule has 48 heavy (non-hydrogen) atoms. The molecular formula is C43H45N3O2. The summed E-state index contributed by atoms with van der Waals surface area (Å²) in [5.41, 5.74) is 8.67. The normalized spacial score (nSPS) is 16.2. The third-order valence-corrected chi connectivity index (χ3v) is 9.82. The SMILES string of the molecule is CCCC(CCC)[C@@H]1COC(c2cc(Oc3cc(C)cc(N4c5ccccc5C(C)(C)c5cccnc54)c3)cc(-c3ccccc3)c2)=N1. The van der Waals surface area contributed by atoms with Crippen LogP contribution in [0.2, 0.25) is 0 Å². The second kappa shape index (κ2) is 13.3. The molecule has 0 saturated heterocycles. The Bertz CT molecular complexity index is 1890. The first-order valence-electron chi connectivity index (χ1n) is 17.4. The Morgan fingerprint density at radius 1 is 0.792 bits per heavy atom. The number of anilines is 3. The monoisotopic (exact) mass is 635 g/mol. The van der Waals surface area contributed by atoms with Crippen LogP contribution in [-0.4, -0.2) is 23.5 Å². The third kappa shape index (κ3) is 6.10. The van der Waals surface area contributed by atoms with Crippen LogP contribution in [0.15, 0.2) is 114 Å². The number of benzene rings is 4. The lowest BCUT2D eigenvalue weighted by atomic mass is 9.74. The Hall–Kier alpha value is -4.90. The zero-order chi connectivity index (χ0) is 33.3. The van der Waals surface area contributed by atoms with E-state index < -0.39 is 0 Å².